The summed E-state index contributed by atoms with van der Waals surface area (Å²) in [5.74, 6) is 0. The van der Waals surface area contributed by atoms with Crippen molar-refractivity contribution in [1.29, 1.82) is 0 Å². The third-order valence-electron chi connectivity index (χ3n) is 2.87. The largest absolute Gasteiger partial charge is 0.305 e. The highest BCUT2D eigenvalue weighted by Gasteiger charge is 2.19. The van der Waals surface area contributed by atoms with Crippen molar-refractivity contribution in [1.82, 2.24) is 20.1 Å². The van der Waals surface area contributed by atoms with Crippen LogP contribution in [0.4, 0.5) is 0 Å². The Bertz CT molecular complexity index is 516. The Morgan fingerprint density at radius 1 is 1.50 bits per heavy atom. The van der Waals surface area contributed by atoms with Crippen molar-refractivity contribution >= 4 is 15.9 Å². The van der Waals surface area contributed by atoms with Crippen LogP contribution in [-0.4, -0.2) is 21.3 Å². The molecular formula is C13H17BrN4. The van der Waals surface area contributed by atoms with Gasteiger partial charge in [0.25, 0.3) is 0 Å². The van der Waals surface area contributed by atoms with Crippen molar-refractivity contribution < 1.29 is 0 Å². The van der Waals surface area contributed by atoms with E-state index < -0.39 is 0 Å². The summed E-state index contributed by atoms with van der Waals surface area (Å²) in [7, 11) is 1.96. The predicted octanol–water partition coefficient (Wildman–Crippen LogP) is 2.58. The minimum atomic E-state index is 0.124. The fraction of sp³-hybridized carbons (Fsp3) is 0.385. The number of rotatable bonds is 4. The summed E-state index contributed by atoms with van der Waals surface area (Å²) in [5, 5.41) is 7.77. The molecule has 0 radical (unpaired) electrons. The van der Waals surface area contributed by atoms with Crippen molar-refractivity contribution in [3.63, 3.8) is 0 Å². The smallest absolute Gasteiger partial charge is 0.0760 e. The van der Waals surface area contributed by atoms with Gasteiger partial charge in [0, 0.05) is 18.9 Å². The van der Waals surface area contributed by atoms with E-state index in [2.05, 4.69) is 44.3 Å². The van der Waals surface area contributed by atoms with Gasteiger partial charge in [0.1, 0.15) is 0 Å². The average molecular weight is 309 g/mol. The van der Waals surface area contributed by atoms with E-state index in [9.17, 15) is 0 Å². The summed E-state index contributed by atoms with van der Waals surface area (Å²) in [4.78, 5) is 4.25. The number of nitrogens with zero attached hydrogens (tertiary/aromatic N) is 3. The first-order chi connectivity index (χ1) is 8.63. The molecule has 18 heavy (non-hydrogen) atoms. The van der Waals surface area contributed by atoms with E-state index in [1.807, 2.05) is 37.1 Å². The summed E-state index contributed by atoms with van der Waals surface area (Å²) in [6.07, 6.45) is 3.67. The van der Waals surface area contributed by atoms with E-state index in [1.54, 1.807) is 0 Å². The minimum Gasteiger partial charge on any atom is -0.305 e. The van der Waals surface area contributed by atoms with Gasteiger partial charge in [-0.15, -0.1) is 0 Å². The van der Waals surface area contributed by atoms with Crippen LogP contribution in [0, 0.1) is 6.92 Å². The highest BCUT2D eigenvalue weighted by atomic mass is 79.9. The van der Waals surface area contributed by atoms with Gasteiger partial charge in [-0.2, -0.15) is 5.10 Å². The van der Waals surface area contributed by atoms with E-state index in [4.69, 9.17) is 0 Å². The van der Waals surface area contributed by atoms with E-state index in [1.165, 1.54) is 5.56 Å². The number of aromatic nitrogens is 3. The number of pyridine rings is 1. The lowest BCUT2D eigenvalue weighted by atomic mass is 10.0. The average Bonchev–Trinajstić information content (AvgIpc) is 2.67. The molecule has 1 N–H and O–H groups in total. The number of halogens is 1. The van der Waals surface area contributed by atoms with Crippen LogP contribution in [0.3, 0.4) is 0 Å². The molecule has 0 saturated heterocycles. The molecule has 0 aromatic carbocycles. The minimum absolute atomic E-state index is 0.124. The van der Waals surface area contributed by atoms with E-state index in [0.29, 0.717) is 0 Å². The molecule has 96 valence electrons. The van der Waals surface area contributed by atoms with Crippen molar-refractivity contribution in [3.8, 4) is 0 Å². The van der Waals surface area contributed by atoms with E-state index in [0.717, 1.165) is 22.4 Å². The quantitative estimate of drug-likeness (QED) is 0.944. The van der Waals surface area contributed by atoms with Crippen LogP contribution >= 0.6 is 15.9 Å². The van der Waals surface area contributed by atoms with Gasteiger partial charge in [0.2, 0.25) is 0 Å². The molecule has 0 aliphatic carbocycles. The molecule has 0 amide bonds. The Labute approximate surface area is 116 Å². The van der Waals surface area contributed by atoms with Crippen LogP contribution in [-0.2, 0) is 7.05 Å². The SMILES string of the molecule is CCNC(c1ccnc(C)c1)c1c(Br)cnn1C. The van der Waals surface area contributed by atoms with Gasteiger partial charge in [-0.05, 0) is 47.1 Å². The van der Waals surface area contributed by atoms with Crippen molar-refractivity contribution in [3.05, 3.63) is 46.0 Å². The molecule has 1 unspecified atom stereocenters. The van der Waals surface area contributed by atoms with Gasteiger partial charge in [0.15, 0.2) is 0 Å². The fourth-order valence-corrected chi connectivity index (χ4v) is 2.65. The molecule has 0 aliphatic rings. The van der Waals surface area contributed by atoms with Gasteiger partial charge in [-0.1, -0.05) is 6.92 Å². The topological polar surface area (TPSA) is 42.7 Å². The summed E-state index contributed by atoms with van der Waals surface area (Å²) in [5.41, 5.74) is 3.35. The highest BCUT2D eigenvalue weighted by Crippen LogP contribution is 2.28. The Morgan fingerprint density at radius 3 is 2.83 bits per heavy atom. The molecule has 0 aliphatic heterocycles. The second kappa shape index (κ2) is 5.63. The van der Waals surface area contributed by atoms with E-state index in [-0.39, 0.29) is 6.04 Å². The first-order valence-corrected chi connectivity index (χ1v) is 6.76. The van der Waals surface area contributed by atoms with Crippen LogP contribution in [0.1, 0.15) is 29.9 Å². The third kappa shape index (κ3) is 2.62. The maximum absolute atomic E-state index is 4.28. The summed E-state index contributed by atoms with van der Waals surface area (Å²) in [6.45, 7) is 5.00. The normalized spacial score (nSPS) is 12.7. The van der Waals surface area contributed by atoms with Crippen LogP contribution in [0.5, 0.6) is 0 Å². The Morgan fingerprint density at radius 2 is 2.28 bits per heavy atom. The fourth-order valence-electron chi connectivity index (χ4n) is 2.07. The lowest BCUT2D eigenvalue weighted by Gasteiger charge is -2.19. The molecule has 5 heteroatoms. The molecule has 4 nitrogen and oxygen atoms in total. The van der Waals surface area contributed by atoms with Crippen LogP contribution < -0.4 is 5.32 Å². The second-order valence-electron chi connectivity index (χ2n) is 4.22. The molecular weight excluding hydrogens is 292 g/mol. The first-order valence-electron chi connectivity index (χ1n) is 5.96. The molecule has 0 bridgehead atoms. The summed E-state index contributed by atoms with van der Waals surface area (Å²) >= 11 is 3.56. The van der Waals surface area contributed by atoms with Gasteiger partial charge in [0.05, 0.1) is 22.4 Å². The lowest BCUT2D eigenvalue weighted by Crippen LogP contribution is -2.24. The van der Waals surface area contributed by atoms with Crippen LogP contribution in [0.2, 0.25) is 0 Å². The van der Waals surface area contributed by atoms with Gasteiger partial charge < -0.3 is 5.32 Å². The Balaban J connectivity index is 2.46. The molecule has 0 saturated carbocycles. The van der Waals surface area contributed by atoms with E-state index >= 15 is 0 Å². The molecule has 0 spiro atoms. The van der Waals surface area contributed by atoms with Crippen LogP contribution in [0.15, 0.2) is 29.0 Å². The molecule has 2 aromatic rings. The first kappa shape index (κ1) is 13.2. The standard InChI is InChI=1S/C13H17BrN4/c1-4-15-12(10-5-6-16-9(2)7-10)13-11(14)8-17-18(13)3/h5-8,12,15H,4H2,1-3H3. The maximum Gasteiger partial charge on any atom is 0.0760 e. The van der Waals surface area contributed by atoms with Crippen molar-refractivity contribution in [2.75, 3.05) is 6.54 Å². The Kier molecular flexibility index (Phi) is 4.14. The van der Waals surface area contributed by atoms with Crippen LogP contribution in [0.25, 0.3) is 0 Å². The summed E-state index contributed by atoms with van der Waals surface area (Å²) < 4.78 is 2.91. The van der Waals surface area contributed by atoms with Crippen molar-refractivity contribution in [2.24, 2.45) is 7.05 Å². The maximum atomic E-state index is 4.28. The van der Waals surface area contributed by atoms with Gasteiger partial charge in [-0.25, -0.2) is 0 Å². The van der Waals surface area contributed by atoms with Crippen molar-refractivity contribution in [2.45, 2.75) is 19.9 Å². The molecule has 2 rings (SSSR count). The number of aryl methyl sites for hydroxylation is 2. The number of hydrogen-bond acceptors (Lipinski definition) is 3. The van der Waals surface area contributed by atoms with Gasteiger partial charge >= 0.3 is 0 Å². The van der Waals surface area contributed by atoms with Gasteiger partial charge in [-0.3, -0.25) is 9.67 Å². The third-order valence-corrected chi connectivity index (χ3v) is 3.48. The zero-order valence-electron chi connectivity index (χ0n) is 10.8. The second-order valence-corrected chi connectivity index (χ2v) is 5.08. The Hall–Kier alpha value is -1.20. The number of hydrogen-bond donors (Lipinski definition) is 1. The monoisotopic (exact) mass is 308 g/mol. The highest BCUT2D eigenvalue weighted by molar-refractivity contribution is 9.10. The summed E-state index contributed by atoms with van der Waals surface area (Å²) in [6, 6.07) is 4.27. The zero-order valence-corrected chi connectivity index (χ0v) is 12.4. The molecule has 2 heterocycles. The number of nitrogens with one attached hydrogen (secondary N) is 1. The predicted molar refractivity (Wildman–Crippen MR) is 75.4 cm³/mol. The molecule has 1 atom stereocenters. The lowest BCUT2D eigenvalue weighted by molar-refractivity contribution is 0.570. The molecule has 0 fully saturated rings. The zero-order chi connectivity index (χ0) is 13.1. The molecule has 2 aromatic heterocycles.